The smallest absolute Gasteiger partial charge is 0.225 e. The molecule has 1 fully saturated rings. The minimum absolute atomic E-state index is 0.823. The van der Waals surface area contributed by atoms with E-state index in [1.54, 1.807) is 18.7 Å². The van der Waals surface area contributed by atoms with Crippen molar-refractivity contribution >= 4 is 38.6 Å². The maximum atomic E-state index is 4.40. The molecule has 8 heteroatoms. The molecule has 3 heterocycles. The summed E-state index contributed by atoms with van der Waals surface area (Å²) in [4.78, 5) is 22.1. The number of aromatic nitrogens is 4. The van der Waals surface area contributed by atoms with E-state index < -0.39 is 0 Å². The van der Waals surface area contributed by atoms with Gasteiger partial charge in [-0.15, -0.1) is 0 Å². The molecule has 0 atom stereocenters. The lowest BCUT2D eigenvalue weighted by atomic mass is 10.2. The van der Waals surface area contributed by atoms with E-state index in [1.165, 1.54) is 0 Å². The highest BCUT2D eigenvalue weighted by Gasteiger charge is 2.18. The van der Waals surface area contributed by atoms with Gasteiger partial charge in [-0.3, -0.25) is 4.90 Å². The molecule has 1 aromatic carbocycles. The van der Waals surface area contributed by atoms with Gasteiger partial charge in [0.2, 0.25) is 5.95 Å². The molecule has 0 radical (unpaired) electrons. The predicted molar refractivity (Wildman–Crippen MR) is 106 cm³/mol. The van der Waals surface area contributed by atoms with Gasteiger partial charge >= 0.3 is 0 Å². The molecule has 1 aliphatic heterocycles. The van der Waals surface area contributed by atoms with Crippen LogP contribution in [0, 0.1) is 0 Å². The first-order chi connectivity index (χ1) is 12.8. The molecule has 0 saturated carbocycles. The monoisotopic (exact) mass is 413 g/mol. The summed E-state index contributed by atoms with van der Waals surface area (Å²) in [6.07, 6.45) is 5.20. The van der Waals surface area contributed by atoms with Crippen LogP contribution in [0.2, 0.25) is 0 Å². The molecule has 3 aromatic rings. The van der Waals surface area contributed by atoms with E-state index >= 15 is 0 Å². The molecular formula is C18H20BrN7. The van der Waals surface area contributed by atoms with E-state index in [2.05, 4.69) is 57.0 Å². The Morgan fingerprint density at radius 1 is 1.00 bits per heavy atom. The first-order valence-corrected chi connectivity index (χ1v) is 9.47. The van der Waals surface area contributed by atoms with Crippen molar-refractivity contribution in [1.29, 1.82) is 0 Å². The van der Waals surface area contributed by atoms with E-state index in [9.17, 15) is 0 Å². The van der Waals surface area contributed by atoms with Crippen LogP contribution in [-0.2, 0) is 0 Å². The number of anilines is 2. The number of rotatable bonds is 5. The van der Waals surface area contributed by atoms with Gasteiger partial charge in [0, 0.05) is 61.5 Å². The Bertz CT molecular complexity index is 866. The van der Waals surface area contributed by atoms with E-state index in [1.807, 2.05) is 18.2 Å². The second-order valence-electron chi connectivity index (χ2n) is 6.19. The van der Waals surface area contributed by atoms with Crippen LogP contribution in [0.25, 0.3) is 10.9 Å². The van der Waals surface area contributed by atoms with Gasteiger partial charge < -0.3 is 10.2 Å². The normalized spacial score (nSPS) is 15.3. The lowest BCUT2D eigenvalue weighted by Gasteiger charge is -2.34. The highest BCUT2D eigenvalue weighted by Crippen LogP contribution is 2.23. The number of piperazine rings is 1. The zero-order valence-corrected chi connectivity index (χ0v) is 15.9. The number of hydrogen-bond acceptors (Lipinski definition) is 7. The Morgan fingerprint density at radius 2 is 1.81 bits per heavy atom. The number of hydrogen-bond donors (Lipinski definition) is 1. The average Bonchev–Trinajstić information content (AvgIpc) is 2.69. The fourth-order valence-electron chi connectivity index (χ4n) is 3.13. The van der Waals surface area contributed by atoms with Crippen LogP contribution in [0.15, 0.2) is 47.5 Å². The lowest BCUT2D eigenvalue weighted by Crippen LogP contribution is -2.48. The molecule has 7 nitrogen and oxygen atoms in total. The molecule has 0 unspecified atom stereocenters. The zero-order chi connectivity index (χ0) is 17.8. The number of benzene rings is 1. The second-order valence-corrected chi connectivity index (χ2v) is 7.10. The topological polar surface area (TPSA) is 70.1 Å². The molecule has 1 saturated heterocycles. The van der Waals surface area contributed by atoms with E-state index in [-0.39, 0.29) is 0 Å². The molecule has 1 aliphatic rings. The summed E-state index contributed by atoms with van der Waals surface area (Å²) in [6, 6.07) is 7.89. The first kappa shape index (κ1) is 17.1. The van der Waals surface area contributed by atoms with Gasteiger partial charge in [0.25, 0.3) is 0 Å². The molecule has 0 aliphatic carbocycles. The van der Waals surface area contributed by atoms with E-state index in [4.69, 9.17) is 0 Å². The van der Waals surface area contributed by atoms with Gasteiger partial charge in [0.15, 0.2) is 0 Å². The fourth-order valence-corrected chi connectivity index (χ4v) is 3.49. The summed E-state index contributed by atoms with van der Waals surface area (Å²) in [5.41, 5.74) is 0.946. The van der Waals surface area contributed by atoms with Crippen LogP contribution in [-0.4, -0.2) is 64.1 Å². The SMILES string of the molecule is Brc1ccc2ncnc(NCCN3CCN(c4ncccn4)CC3)c2c1. The Kier molecular flexibility index (Phi) is 5.21. The third-order valence-electron chi connectivity index (χ3n) is 4.53. The summed E-state index contributed by atoms with van der Waals surface area (Å²) in [5.74, 6) is 1.70. The molecule has 26 heavy (non-hydrogen) atoms. The molecule has 0 amide bonds. The molecule has 0 bridgehead atoms. The predicted octanol–water partition coefficient (Wildman–Crippen LogP) is 2.42. The molecular weight excluding hydrogens is 394 g/mol. The Labute approximate surface area is 160 Å². The summed E-state index contributed by atoms with van der Waals surface area (Å²) in [5, 5.41) is 4.49. The van der Waals surface area contributed by atoms with Crippen molar-refractivity contribution in [3.05, 3.63) is 47.5 Å². The Hall–Kier alpha value is -2.32. The summed E-state index contributed by atoms with van der Waals surface area (Å²) < 4.78 is 1.03. The van der Waals surface area contributed by atoms with E-state index in [0.29, 0.717) is 0 Å². The van der Waals surface area contributed by atoms with Crippen LogP contribution in [0.5, 0.6) is 0 Å². The van der Waals surface area contributed by atoms with Crippen molar-refractivity contribution in [1.82, 2.24) is 24.8 Å². The van der Waals surface area contributed by atoms with Gasteiger partial charge in [-0.1, -0.05) is 15.9 Å². The molecule has 2 aromatic heterocycles. The molecule has 134 valence electrons. The third kappa shape index (κ3) is 3.91. The van der Waals surface area contributed by atoms with Gasteiger partial charge in [-0.2, -0.15) is 0 Å². The van der Waals surface area contributed by atoms with Crippen LogP contribution >= 0.6 is 15.9 Å². The quantitative estimate of drug-likeness (QED) is 0.688. The van der Waals surface area contributed by atoms with Gasteiger partial charge in [0.05, 0.1) is 5.52 Å². The average molecular weight is 414 g/mol. The minimum atomic E-state index is 0.823. The van der Waals surface area contributed by atoms with Gasteiger partial charge in [-0.05, 0) is 24.3 Å². The lowest BCUT2D eigenvalue weighted by molar-refractivity contribution is 0.266. The number of nitrogens with zero attached hydrogens (tertiary/aromatic N) is 6. The van der Waals surface area contributed by atoms with Crippen molar-refractivity contribution in [2.24, 2.45) is 0 Å². The van der Waals surface area contributed by atoms with Crippen LogP contribution in [0.3, 0.4) is 0 Å². The van der Waals surface area contributed by atoms with Crippen LogP contribution in [0.4, 0.5) is 11.8 Å². The van der Waals surface area contributed by atoms with Crippen LogP contribution in [0.1, 0.15) is 0 Å². The number of nitrogens with one attached hydrogen (secondary N) is 1. The van der Waals surface area contributed by atoms with Crippen molar-refractivity contribution < 1.29 is 0 Å². The first-order valence-electron chi connectivity index (χ1n) is 8.68. The minimum Gasteiger partial charge on any atom is -0.368 e. The Morgan fingerprint density at radius 3 is 2.62 bits per heavy atom. The Balaban J connectivity index is 1.30. The maximum Gasteiger partial charge on any atom is 0.225 e. The fraction of sp³-hybridized carbons (Fsp3) is 0.333. The number of halogens is 1. The zero-order valence-electron chi connectivity index (χ0n) is 14.3. The van der Waals surface area contributed by atoms with Crippen LogP contribution < -0.4 is 10.2 Å². The molecule has 4 rings (SSSR count). The largest absolute Gasteiger partial charge is 0.368 e. The highest BCUT2D eigenvalue weighted by atomic mass is 79.9. The van der Waals surface area contributed by atoms with Gasteiger partial charge in [0.1, 0.15) is 12.1 Å². The maximum absolute atomic E-state index is 4.40. The number of fused-ring (bicyclic) bond motifs is 1. The van der Waals surface area contributed by atoms with E-state index in [0.717, 1.165) is 66.4 Å². The standard InChI is InChI=1S/C18H20BrN7/c19-14-2-3-16-15(12-14)17(24-13-23-16)20-6-7-25-8-10-26(11-9-25)18-21-4-1-5-22-18/h1-5,12-13H,6-11H2,(H,20,23,24). The summed E-state index contributed by atoms with van der Waals surface area (Å²) in [6.45, 7) is 5.75. The van der Waals surface area contributed by atoms with Crippen molar-refractivity contribution in [2.45, 2.75) is 0 Å². The summed E-state index contributed by atoms with van der Waals surface area (Å²) in [7, 11) is 0. The van der Waals surface area contributed by atoms with Crippen molar-refractivity contribution in [3.8, 4) is 0 Å². The highest BCUT2D eigenvalue weighted by molar-refractivity contribution is 9.10. The van der Waals surface area contributed by atoms with Gasteiger partial charge in [-0.25, -0.2) is 19.9 Å². The van der Waals surface area contributed by atoms with Crippen molar-refractivity contribution in [2.75, 3.05) is 49.5 Å². The summed E-state index contributed by atoms with van der Waals surface area (Å²) >= 11 is 3.52. The molecule has 0 spiro atoms. The molecule has 1 N–H and O–H groups in total. The second kappa shape index (κ2) is 7.92. The third-order valence-corrected chi connectivity index (χ3v) is 5.02. The van der Waals surface area contributed by atoms with Crippen molar-refractivity contribution in [3.63, 3.8) is 0 Å².